The number of benzene rings is 1. The fourth-order valence-electron chi connectivity index (χ4n) is 1.41. The van der Waals surface area contributed by atoms with Crippen molar-refractivity contribution in [1.29, 1.82) is 0 Å². The van der Waals surface area contributed by atoms with Gasteiger partial charge in [0.05, 0.1) is 12.7 Å². The highest BCUT2D eigenvalue weighted by atomic mass is 32.2. The second kappa shape index (κ2) is 7.70. The van der Waals surface area contributed by atoms with Crippen molar-refractivity contribution in [3.63, 3.8) is 0 Å². The summed E-state index contributed by atoms with van der Waals surface area (Å²) in [6.07, 6.45) is 1.20. The van der Waals surface area contributed by atoms with Crippen LogP contribution >= 0.6 is 19.4 Å². The van der Waals surface area contributed by atoms with Crippen molar-refractivity contribution in [3.05, 3.63) is 29.8 Å². The van der Waals surface area contributed by atoms with Crippen LogP contribution in [0, 0.1) is 0 Å². The quantitative estimate of drug-likeness (QED) is 0.348. The minimum atomic E-state index is -3.86. The summed E-state index contributed by atoms with van der Waals surface area (Å²) in [5.74, 6) is 0.426. The first-order chi connectivity index (χ1) is 8.92. The molecule has 7 heteroatoms. The van der Waals surface area contributed by atoms with Crippen LogP contribution in [0.2, 0.25) is 0 Å². The SMILES string of the molecule is COC(=O)c1ccc(SCCCCP(=O)(O)O)cc1. The zero-order chi connectivity index (χ0) is 14.3. The van der Waals surface area contributed by atoms with Crippen molar-refractivity contribution >= 4 is 25.3 Å². The molecule has 0 heterocycles. The van der Waals surface area contributed by atoms with Crippen LogP contribution in [-0.4, -0.2) is 34.8 Å². The molecule has 0 aliphatic rings. The number of hydrogen-bond donors (Lipinski definition) is 2. The monoisotopic (exact) mass is 304 g/mol. The number of carbonyl (C=O) groups excluding carboxylic acids is 1. The second-order valence-corrected chi connectivity index (χ2v) is 6.90. The number of ether oxygens (including phenoxy) is 1. The molecular weight excluding hydrogens is 287 g/mol. The lowest BCUT2D eigenvalue weighted by Crippen LogP contribution is -2.00. The molecular formula is C12H17O5PS. The van der Waals surface area contributed by atoms with Gasteiger partial charge in [0.1, 0.15) is 0 Å². The molecule has 0 spiro atoms. The van der Waals surface area contributed by atoms with Crippen LogP contribution in [-0.2, 0) is 9.30 Å². The van der Waals surface area contributed by atoms with E-state index < -0.39 is 7.60 Å². The highest BCUT2D eigenvalue weighted by Gasteiger charge is 2.11. The van der Waals surface area contributed by atoms with Gasteiger partial charge in [0.2, 0.25) is 0 Å². The predicted octanol–water partition coefficient (Wildman–Crippen LogP) is 2.52. The van der Waals surface area contributed by atoms with E-state index in [1.807, 2.05) is 12.1 Å². The molecule has 0 aliphatic carbocycles. The van der Waals surface area contributed by atoms with E-state index in [0.717, 1.165) is 17.1 Å². The van der Waals surface area contributed by atoms with Gasteiger partial charge < -0.3 is 14.5 Å². The molecule has 0 saturated heterocycles. The lowest BCUT2D eigenvalue weighted by molar-refractivity contribution is 0.0600. The fraction of sp³-hybridized carbons (Fsp3) is 0.417. The minimum Gasteiger partial charge on any atom is -0.465 e. The van der Waals surface area contributed by atoms with Crippen LogP contribution in [0.5, 0.6) is 0 Å². The van der Waals surface area contributed by atoms with Crippen molar-refractivity contribution in [2.45, 2.75) is 17.7 Å². The molecule has 5 nitrogen and oxygen atoms in total. The van der Waals surface area contributed by atoms with E-state index in [1.165, 1.54) is 7.11 Å². The summed E-state index contributed by atoms with van der Waals surface area (Å²) in [4.78, 5) is 29.6. The molecule has 0 aliphatic heterocycles. The zero-order valence-electron chi connectivity index (χ0n) is 10.6. The molecule has 0 atom stereocenters. The molecule has 0 radical (unpaired) electrons. The molecule has 0 saturated carbocycles. The van der Waals surface area contributed by atoms with Gasteiger partial charge in [-0.3, -0.25) is 4.57 Å². The van der Waals surface area contributed by atoms with E-state index in [2.05, 4.69) is 4.74 Å². The summed E-state index contributed by atoms with van der Waals surface area (Å²) < 4.78 is 15.2. The van der Waals surface area contributed by atoms with Gasteiger partial charge in [-0.05, 0) is 42.9 Å². The zero-order valence-corrected chi connectivity index (χ0v) is 12.3. The summed E-state index contributed by atoms with van der Waals surface area (Å²) >= 11 is 1.59. The molecule has 0 fully saturated rings. The standard InChI is InChI=1S/C12H17O5PS/c1-17-12(13)10-4-6-11(7-5-10)19-9-3-2-8-18(14,15)16/h4-7H,2-3,8-9H2,1H3,(H2,14,15,16). The molecule has 0 unspecified atom stereocenters. The van der Waals surface area contributed by atoms with Crippen LogP contribution in [0.25, 0.3) is 0 Å². The van der Waals surface area contributed by atoms with Crippen molar-refractivity contribution in [1.82, 2.24) is 0 Å². The van der Waals surface area contributed by atoms with E-state index in [4.69, 9.17) is 9.79 Å². The summed E-state index contributed by atoms with van der Waals surface area (Å²) in [7, 11) is -2.52. The summed E-state index contributed by atoms with van der Waals surface area (Å²) in [6, 6.07) is 7.06. The molecule has 2 N–H and O–H groups in total. The highest BCUT2D eigenvalue weighted by molar-refractivity contribution is 7.99. The maximum Gasteiger partial charge on any atom is 0.337 e. The Morgan fingerprint density at radius 1 is 1.26 bits per heavy atom. The summed E-state index contributed by atoms with van der Waals surface area (Å²) in [5.41, 5.74) is 0.508. The van der Waals surface area contributed by atoms with E-state index >= 15 is 0 Å². The fourth-order valence-corrected chi connectivity index (χ4v) is 2.96. The normalized spacial score (nSPS) is 11.3. The molecule has 106 valence electrons. The number of methoxy groups -OCH3 is 1. The Morgan fingerprint density at radius 3 is 2.42 bits per heavy atom. The smallest absolute Gasteiger partial charge is 0.337 e. The Labute approximate surface area is 116 Å². The number of thioether (sulfide) groups is 1. The van der Waals surface area contributed by atoms with Crippen molar-refractivity contribution < 1.29 is 23.9 Å². The molecule has 0 aromatic heterocycles. The third kappa shape index (κ3) is 6.78. The predicted molar refractivity (Wildman–Crippen MR) is 74.7 cm³/mol. The van der Waals surface area contributed by atoms with E-state index in [0.29, 0.717) is 12.0 Å². The van der Waals surface area contributed by atoms with Gasteiger partial charge in [-0.2, -0.15) is 0 Å². The largest absolute Gasteiger partial charge is 0.465 e. The van der Waals surface area contributed by atoms with Gasteiger partial charge in [-0.1, -0.05) is 0 Å². The lowest BCUT2D eigenvalue weighted by Gasteiger charge is -2.04. The molecule has 19 heavy (non-hydrogen) atoms. The Hall–Kier alpha value is -0.810. The van der Waals surface area contributed by atoms with Crippen molar-refractivity contribution in [3.8, 4) is 0 Å². The van der Waals surface area contributed by atoms with Crippen LogP contribution in [0.3, 0.4) is 0 Å². The number of esters is 1. The molecule has 0 bridgehead atoms. The van der Waals surface area contributed by atoms with Gasteiger partial charge in [0.25, 0.3) is 0 Å². The van der Waals surface area contributed by atoms with E-state index in [1.54, 1.807) is 23.9 Å². The first kappa shape index (κ1) is 16.2. The Bertz CT molecular complexity index is 454. The maximum absolute atomic E-state index is 11.2. The van der Waals surface area contributed by atoms with Gasteiger partial charge in [-0.15, -0.1) is 11.8 Å². The second-order valence-electron chi connectivity index (χ2n) is 3.96. The summed E-state index contributed by atoms with van der Waals surface area (Å²) in [6.45, 7) is 0. The summed E-state index contributed by atoms with van der Waals surface area (Å²) in [5, 5.41) is 0. The first-order valence-corrected chi connectivity index (χ1v) is 8.56. The molecule has 1 rings (SSSR count). The van der Waals surface area contributed by atoms with Gasteiger partial charge in [0, 0.05) is 11.1 Å². The van der Waals surface area contributed by atoms with Gasteiger partial charge >= 0.3 is 13.6 Å². The lowest BCUT2D eigenvalue weighted by atomic mass is 10.2. The van der Waals surface area contributed by atoms with E-state index in [9.17, 15) is 9.36 Å². The van der Waals surface area contributed by atoms with Crippen LogP contribution in [0.1, 0.15) is 23.2 Å². The van der Waals surface area contributed by atoms with Crippen LogP contribution < -0.4 is 0 Å². The third-order valence-electron chi connectivity index (χ3n) is 2.39. The number of unbranched alkanes of at least 4 members (excludes halogenated alkanes) is 1. The van der Waals surface area contributed by atoms with Crippen molar-refractivity contribution in [2.75, 3.05) is 19.0 Å². The maximum atomic E-state index is 11.2. The first-order valence-electron chi connectivity index (χ1n) is 5.78. The minimum absolute atomic E-state index is 0.0607. The number of hydrogen-bond acceptors (Lipinski definition) is 4. The van der Waals surface area contributed by atoms with Gasteiger partial charge in [-0.25, -0.2) is 4.79 Å². The topological polar surface area (TPSA) is 83.8 Å². The molecule has 0 amide bonds. The van der Waals surface area contributed by atoms with Gasteiger partial charge in [0.15, 0.2) is 0 Å². The van der Waals surface area contributed by atoms with Crippen molar-refractivity contribution in [2.24, 2.45) is 0 Å². The average molecular weight is 304 g/mol. The van der Waals surface area contributed by atoms with Crippen LogP contribution in [0.15, 0.2) is 29.2 Å². The number of rotatable bonds is 7. The van der Waals surface area contributed by atoms with Crippen LogP contribution in [0.4, 0.5) is 0 Å². The Morgan fingerprint density at radius 2 is 1.89 bits per heavy atom. The Kier molecular flexibility index (Phi) is 6.58. The third-order valence-corrected chi connectivity index (χ3v) is 4.38. The molecule has 1 aromatic rings. The average Bonchev–Trinajstić information content (AvgIpc) is 2.37. The molecule has 1 aromatic carbocycles. The number of carbonyl (C=O) groups is 1. The Balaban J connectivity index is 2.30. The van der Waals surface area contributed by atoms with E-state index in [-0.39, 0.29) is 12.1 Å². The highest BCUT2D eigenvalue weighted by Crippen LogP contribution is 2.35.